The summed E-state index contributed by atoms with van der Waals surface area (Å²) in [5.41, 5.74) is 4.64. The summed E-state index contributed by atoms with van der Waals surface area (Å²) in [5.74, 6) is 0.825. The topological polar surface area (TPSA) is 27.1 Å². The monoisotopic (exact) mass is 360 g/mol. The van der Waals surface area contributed by atoms with Crippen LogP contribution in [0, 0.1) is 19.7 Å². The molecule has 2 aromatic heterocycles. The molecule has 132 valence electrons. The zero-order chi connectivity index (χ0) is 17.3. The Morgan fingerprint density at radius 2 is 1.84 bits per heavy atom. The molecule has 0 unspecified atom stereocenters. The molecule has 3 aromatic rings. The van der Waals surface area contributed by atoms with Gasteiger partial charge in [0, 0.05) is 23.8 Å². The standard InChI is InChI=1S/C20H21FN2O.ClH/c1-13(2)10-12-23-15(4)14(3)18-9-11-22-20(19(18)23)24-17-7-5-16(21)6-8-17;/h5-11H,12H2,1-4H3;1H. The van der Waals surface area contributed by atoms with Crippen molar-refractivity contribution < 1.29 is 9.13 Å². The van der Waals surface area contributed by atoms with Crippen molar-refractivity contribution in [2.24, 2.45) is 0 Å². The lowest BCUT2D eigenvalue weighted by Crippen LogP contribution is -2.00. The van der Waals surface area contributed by atoms with Crippen LogP contribution in [0.1, 0.15) is 25.1 Å². The molecule has 0 saturated carbocycles. The van der Waals surface area contributed by atoms with Gasteiger partial charge in [-0.25, -0.2) is 9.37 Å². The maximum atomic E-state index is 13.1. The molecule has 0 N–H and O–H groups in total. The molecule has 0 aliphatic heterocycles. The normalized spacial score (nSPS) is 10.4. The summed E-state index contributed by atoms with van der Waals surface area (Å²) in [5, 5.41) is 1.13. The number of pyridine rings is 1. The molecule has 0 fully saturated rings. The van der Waals surface area contributed by atoms with Crippen molar-refractivity contribution in [3.63, 3.8) is 0 Å². The highest BCUT2D eigenvalue weighted by atomic mass is 35.5. The first-order valence-corrected chi connectivity index (χ1v) is 7.98. The summed E-state index contributed by atoms with van der Waals surface area (Å²) in [6.07, 6.45) is 3.93. The van der Waals surface area contributed by atoms with E-state index in [0.29, 0.717) is 11.6 Å². The SMILES string of the molecule is CC(C)=CCn1c(C)c(C)c2ccnc(Oc3ccc(F)cc3)c21.Cl. The quantitative estimate of drug-likeness (QED) is 0.536. The molecule has 0 radical (unpaired) electrons. The van der Waals surface area contributed by atoms with Gasteiger partial charge in [-0.2, -0.15) is 0 Å². The Bertz CT molecular complexity index is 910. The van der Waals surface area contributed by atoms with Crippen molar-refractivity contribution in [1.29, 1.82) is 0 Å². The van der Waals surface area contributed by atoms with E-state index >= 15 is 0 Å². The molecular weight excluding hydrogens is 339 g/mol. The zero-order valence-electron chi connectivity index (χ0n) is 14.8. The number of aryl methyl sites for hydroxylation is 1. The highest BCUT2D eigenvalue weighted by Crippen LogP contribution is 2.33. The molecule has 0 atom stereocenters. The third-order valence-corrected chi connectivity index (χ3v) is 4.22. The van der Waals surface area contributed by atoms with Gasteiger partial charge in [0.1, 0.15) is 17.1 Å². The summed E-state index contributed by atoms with van der Waals surface area (Å²) in [4.78, 5) is 4.41. The summed E-state index contributed by atoms with van der Waals surface area (Å²) in [7, 11) is 0. The van der Waals surface area contributed by atoms with Crippen LogP contribution in [0.2, 0.25) is 0 Å². The summed E-state index contributed by atoms with van der Waals surface area (Å²) in [6, 6.07) is 7.99. The van der Waals surface area contributed by atoms with Crippen molar-refractivity contribution in [2.45, 2.75) is 34.2 Å². The van der Waals surface area contributed by atoms with Gasteiger partial charge in [0.25, 0.3) is 0 Å². The fourth-order valence-corrected chi connectivity index (χ4v) is 2.75. The maximum absolute atomic E-state index is 13.1. The average molecular weight is 361 g/mol. The highest BCUT2D eigenvalue weighted by molar-refractivity contribution is 5.89. The lowest BCUT2D eigenvalue weighted by Gasteiger charge is -2.10. The Hall–Kier alpha value is -2.33. The summed E-state index contributed by atoms with van der Waals surface area (Å²) >= 11 is 0. The fourth-order valence-electron chi connectivity index (χ4n) is 2.75. The van der Waals surface area contributed by atoms with Crippen LogP contribution in [-0.4, -0.2) is 9.55 Å². The number of benzene rings is 1. The Kier molecular flexibility index (Phi) is 5.85. The van der Waals surface area contributed by atoms with Crippen LogP contribution >= 0.6 is 12.4 Å². The molecule has 3 nitrogen and oxygen atoms in total. The molecule has 0 aliphatic rings. The summed E-state index contributed by atoms with van der Waals surface area (Å²) < 4.78 is 21.2. The smallest absolute Gasteiger partial charge is 0.244 e. The van der Waals surface area contributed by atoms with Crippen LogP contribution < -0.4 is 4.74 Å². The minimum atomic E-state index is -0.285. The van der Waals surface area contributed by atoms with Crippen molar-refractivity contribution in [1.82, 2.24) is 9.55 Å². The predicted molar refractivity (Wildman–Crippen MR) is 102 cm³/mol. The molecule has 0 amide bonds. The molecule has 0 aliphatic carbocycles. The van der Waals surface area contributed by atoms with Crippen LogP contribution in [-0.2, 0) is 6.54 Å². The van der Waals surface area contributed by atoms with E-state index < -0.39 is 0 Å². The molecule has 1 aromatic carbocycles. The first-order chi connectivity index (χ1) is 11.5. The molecule has 3 rings (SSSR count). The van der Waals surface area contributed by atoms with Crippen molar-refractivity contribution in [2.75, 3.05) is 0 Å². The van der Waals surface area contributed by atoms with Gasteiger partial charge in [0.2, 0.25) is 5.88 Å². The molecule has 0 spiro atoms. The first kappa shape index (κ1) is 19.0. The Labute approximate surface area is 153 Å². The minimum Gasteiger partial charge on any atom is -0.437 e. The molecular formula is C20H22ClFN2O. The lowest BCUT2D eigenvalue weighted by molar-refractivity contribution is 0.464. The van der Waals surface area contributed by atoms with Gasteiger partial charge in [-0.05, 0) is 63.6 Å². The fraction of sp³-hybridized carbons (Fsp3) is 0.250. The van der Waals surface area contributed by atoms with E-state index in [1.165, 1.54) is 29.0 Å². The van der Waals surface area contributed by atoms with E-state index in [2.05, 4.69) is 43.3 Å². The maximum Gasteiger partial charge on any atom is 0.244 e. The Balaban J connectivity index is 0.00000225. The number of allylic oxidation sites excluding steroid dienone is 2. The van der Waals surface area contributed by atoms with Crippen LogP contribution in [0.4, 0.5) is 4.39 Å². The molecule has 25 heavy (non-hydrogen) atoms. The van der Waals surface area contributed by atoms with E-state index in [0.717, 1.165) is 17.4 Å². The van der Waals surface area contributed by atoms with Gasteiger partial charge in [-0.1, -0.05) is 11.6 Å². The first-order valence-electron chi connectivity index (χ1n) is 7.98. The van der Waals surface area contributed by atoms with Gasteiger partial charge in [-0.15, -0.1) is 12.4 Å². The van der Waals surface area contributed by atoms with E-state index in [1.807, 2.05) is 6.07 Å². The zero-order valence-corrected chi connectivity index (χ0v) is 15.7. The van der Waals surface area contributed by atoms with Gasteiger partial charge >= 0.3 is 0 Å². The molecule has 2 heterocycles. The Morgan fingerprint density at radius 3 is 2.48 bits per heavy atom. The number of nitrogens with zero attached hydrogens (tertiary/aromatic N) is 2. The number of hydrogen-bond acceptors (Lipinski definition) is 2. The number of ether oxygens (including phenoxy) is 1. The molecule has 5 heteroatoms. The van der Waals surface area contributed by atoms with Crippen molar-refractivity contribution in [3.05, 3.63) is 65.3 Å². The predicted octanol–water partition coefficient (Wildman–Crippen LogP) is 5.97. The lowest BCUT2D eigenvalue weighted by atomic mass is 10.2. The Morgan fingerprint density at radius 1 is 1.16 bits per heavy atom. The van der Waals surface area contributed by atoms with Gasteiger partial charge in [0.05, 0.1) is 0 Å². The summed E-state index contributed by atoms with van der Waals surface area (Å²) in [6.45, 7) is 9.16. The average Bonchev–Trinajstić information content (AvgIpc) is 2.80. The minimum absolute atomic E-state index is 0. The van der Waals surface area contributed by atoms with Crippen LogP contribution in [0.15, 0.2) is 48.2 Å². The van der Waals surface area contributed by atoms with Crippen LogP contribution in [0.25, 0.3) is 10.9 Å². The van der Waals surface area contributed by atoms with Crippen LogP contribution in [0.5, 0.6) is 11.6 Å². The third-order valence-electron chi connectivity index (χ3n) is 4.22. The van der Waals surface area contributed by atoms with Crippen LogP contribution in [0.3, 0.4) is 0 Å². The van der Waals surface area contributed by atoms with Gasteiger partial charge < -0.3 is 9.30 Å². The van der Waals surface area contributed by atoms with E-state index in [9.17, 15) is 4.39 Å². The number of fused-ring (bicyclic) bond motifs is 1. The third kappa shape index (κ3) is 3.85. The van der Waals surface area contributed by atoms with E-state index in [1.54, 1.807) is 18.3 Å². The number of aromatic nitrogens is 2. The second-order valence-corrected chi connectivity index (χ2v) is 6.17. The second kappa shape index (κ2) is 7.70. The number of halogens is 2. The van der Waals surface area contributed by atoms with Gasteiger partial charge in [0.15, 0.2) is 0 Å². The highest BCUT2D eigenvalue weighted by Gasteiger charge is 2.16. The van der Waals surface area contributed by atoms with E-state index in [-0.39, 0.29) is 18.2 Å². The second-order valence-electron chi connectivity index (χ2n) is 6.17. The molecule has 0 saturated heterocycles. The number of hydrogen-bond donors (Lipinski definition) is 0. The van der Waals surface area contributed by atoms with Crippen molar-refractivity contribution >= 4 is 23.3 Å². The van der Waals surface area contributed by atoms with E-state index in [4.69, 9.17) is 4.74 Å². The molecule has 0 bridgehead atoms. The number of rotatable bonds is 4. The van der Waals surface area contributed by atoms with Crippen molar-refractivity contribution in [3.8, 4) is 11.6 Å². The largest absolute Gasteiger partial charge is 0.437 e. The van der Waals surface area contributed by atoms with Gasteiger partial charge in [-0.3, -0.25) is 0 Å².